The SMILES string of the molecule is COc1ccc(N2C(=O)C3C(C2=O)C(C(=O)C(C)(C)C)N2c4ccc(OC)cc4C=CC32)cc1. The predicted octanol–water partition coefficient (Wildman–Crippen LogP) is 3.71. The lowest BCUT2D eigenvalue weighted by Crippen LogP contribution is -2.51. The molecule has 0 saturated carbocycles. The number of ketones is 1. The summed E-state index contributed by atoms with van der Waals surface area (Å²) in [6.07, 6.45) is 3.89. The van der Waals surface area contributed by atoms with E-state index in [9.17, 15) is 14.4 Å². The number of carbonyl (C=O) groups is 3. The van der Waals surface area contributed by atoms with Crippen molar-refractivity contribution in [1.82, 2.24) is 0 Å². The summed E-state index contributed by atoms with van der Waals surface area (Å²) in [7, 11) is 3.17. The summed E-state index contributed by atoms with van der Waals surface area (Å²) >= 11 is 0. The quantitative estimate of drug-likeness (QED) is 0.648. The number of methoxy groups -OCH3 is 2. The zero-order valence-corrected chi connectivity index (χ0v) is 19.9. The molecule has 176 valence electrons. The van der Waals surface area contributed by atoms with Crippen molar-refractivity contribution in [3.05, 3.63) is 54.1 Å². The Morgan fingerprint density at radius 3 is 2.12 bits per heavy atom. The van der Waals surface area contributed by atoms with Gasteiger partial charge in [-0.2, -0.15) is 0 Å². The maximum absolute atomic E-state index is 13.8. The Hall–Kier alpha value is -3.61. The van der Waals surface area contributed by atoms with Crippen molar-refractivity contribution in [2.24, 2.45) is 17.3 Å². The lowest BCUT2D eigenvalue weighted by molar-refractivity contribution is -0.132. The standard InChI is InChI=1S/C27H28N2O5/c1-27(2,3)24(30)23-22-21(20-12-6-15-14-18(34-5)11-13-19(15)29(20)23)25(31)28(26(22)32)16-7-9-17(33-4)10-8-16/h6-14,20-23H,1-5H3. The minimum Gasteiger partial charge on any atom is -0.497 e. The molecule has 0 N–H and O–H groups in total. The van der Waals surface area contributed by atoms with Gasteiger partial charge in [-0.15, -0.1) is 0 Å². The van der Waals surface area contributed by atoms with Gasteiger partial charge in [-0.25, -0.2) is 4.90 Å². The van der Waals surface area contributed by atoms with Crippen molar-refractivity contribution < 1.29 is 23.9 Å². The Kier molecular flexibility index (Phi) is 5.04. The fourth-order valence-electron chi connectivity index (χ4n) is 5.41. The van der Waals surface area contributed by atoms with E-state index in [2.05, 4.69) is 0 Å². The zero-order chi connectivity index (χ0) is 24.4. The Morgan fingerprint density at radius 2 is 1.50 bits per heavy atom. The van der Waals surface area contributed by atoms with Crippen molar-refractivity contribution >= 4 is 35.0 Å². The van der Waals surface area contributed by atoms with Gasteiger partial charge in [-0.3, -0.25) is 14.4 Å². The van der Waals surface area contributed by atoms with Crippen molar-refractivity contribution in [3.8, 4) is 11.5 Å². The van der Waals surface area contributed by atoms with Crippen molar-refractivity contribution in [1.29, 1.82) is 0 Å². The van der Waals surface area contributed by atoms with E-state index >= 15 is 0 Å². The number of imide groups is 1. The molecule has 2 saturated heterocycles. The second-order valence-electron chi connectivity index (χ2n) is 10.0. The van der Waals surface area contributed by atoms with E-state index in [-0.39, 0.29) is 23.6 Å². The van der Waals surface area contributed by atoms with E-state index in [1.54, 1.807) is 38.5 Å². The van der Waals surface area contributed by atoms with Crippen LogP contribution in [0.4, 0.5) is 11.4 Å². The third-order valence-electron chi connectivity index (χ3n) is 7.05. The Bertz CT molecular complexity index is 1210. The number of ether oxygens (including phenoxy) is 2. The number of carbonyl (C=O) groups excluding carboxylic acids is 3. The highest BCUT2D eigenvalue weighted by atomic mass is 16.5. The molecule has 2 amide bonds. The zero-order valence-electron chi connectivity index (χ0n) is 19.9. The molecule has 7 heteroatoms. The molecular formula is C27H28N2O5. The molecule has 34 heavy (non-hydrogen) atoms. The van der Waals surface area contributed by atoms with Crippen LogP contribution in [0.25, 0.3) is 6.08 Å². The molecule has 5 rings (SSSR count). The minimum absolute atomic E-state index is 0.0557. The summed E-state index contributed by atoms with van der Waals surface area (Å²) in [5.74, 6) is -0.724. The molecule has 3 heterocycles. The van der Waals surface area contributed by atoms with E-state index in [1.165, 1.54) is 4.90 Å². The molecular weight excluding hydrogens is 432 g/mol. The fraction of sp³-hybridized carbons (Fsp3) is 0.370. The maximum atomic E-state index is 13.8. The highest BCUT2D eigenvalue weighted by Gasteiger charge is 2.65. The van der Waals surface area contributed by atoms with E-state index in [1.807, 2.05) is 56.0 Å². The number of hydrogen-bond donors (Lipinski definition) is 0. The number of amides is 2. The molecule has 4 atom stereocenters. The fourth-order valence-corrected chi connectivity index (χ4v) is 5.41. The van der Waals surface area contributed by atoms with Crippen molar-refractivity contribution in [2.45, 2.75) is 32.9 Å². The number of Topliss-reactive ketones (excluding diaryl/α,β-unsaturated/α-hetero) is 1. The van der Waals surface area contributed by atoms with Crippen LogP contribution < -0.4 is 19.3 Å². The molecule has 2 fully saturated rings. The highest BCUT2D eigenvalue weighted by molar-refractivity contribution is 6.25. The molecule has 7 nitrogen and oxygen atoms in total. The first-order valence-electron chi connectivity index (χ1n) is 11.4. The smallest absolute Gasteiger partial charge is 0.240 e. The second-order valence-corrected chi connectivity index (χ2v) is 10.0. The van der Waals surface area contributed by atoms with Crippen LogP contribution in [0.1, 0.15) is 26.3 Å². The van der Waals surface area contributed by atoms with E-state index in [4.69, 9.17) is 9.47 Å². The summed E-state index contributed by atoms with van der Waals surface area (Å²) in [5, 5.41) is 0. The van der Waals surface area contributed by atoms with Crippen molar-refractivity contribution in [2.75, 3.05) is 24.0 Å². The van der Waals surface area contributed by atoms with Gasteiger partial charge in [0.25, 0.3) is 0 Å². The van der Waals surface area contributed by atoms with Crippen LogP contribution in [0.15, 0.2) is 48.5 Å². The second kappa shape index (κ2) is 7.72. The molecule has 0 radical (unpaired) electrons. The van der Waals surface area contributed by atoms with Crippen LogP contribution in [0.2, 0.25) is 0 Å². The number of rotatable bonds is 4. The van der Waals surface area contributed by atoms with Gasteiger partial charge in [0, 0.05) is 16.7 Å². The average molecular weight is 461 g/mol. The Labute approximate surface area is 198 Å². The number of benzene rings is 2. The molecule has 0 aliphatic carbocycles. The average Bonchev–Trinajstić information content (AvgIpc) is 3.30. The largest absolute Gasteiger partial charge is 0.497 e. The number of anilines is 2. The summed E-state index contributed by atoms with van der Waals surface area (Å²) in [6.45, 7) is 5.57. The third-order valence-corrected chi connectivity index (χ3v) is 7.05. The minimum atomic E-state index is -0.760. The van der Waals surface area contributed by atoms with Gasteiger partial charge < -0.3 is 14.4 Å². The van der Waals surface area contributed by atoms with Crippen molar-refractivity contribution in [3.63, 3.8) is 0 Å². The van der Waals surface area contributed by atoms with Gasteiger partial charge in [0.15, 0.2) is 5.78 Å². The van der Waals surface area contributed by atoms with Crippen LogP contribution in [-0.4, -0.2) is 43.9 Å². The molecule has 0 aromatic heterocycles. The lowest BCUT2D eigenvalue weighted by atomic mass is 9.79. The maximum Gasteiger partial charge on any atom is 0.240 e. The monoisotopic (exact) mass is 460 g/mol. The van der Waals surface area contributed by atoms with Gasteiger partial charge in [0.1, 0.15) is 17.5 Å². The Morgan fingerprint density at radius 1 is 0.882 bits per heavy atom. The van der Waals surface area contributed by atoms with Gasteiger partial charge in [-0.1, -0.05) is 32.9 Å². The van der Waals surface area contributed by atoms with Gasteiger partial charge in [-0.05, 0) is 42.5 Å². The number of hydrogen-bond acceptors (Lipinski definition) is 6. The highest BCUT2D eigenvalue weighted by Crippen LogP contribution is 2.51. The molecule has 2 aromatic rings. The molecule has 3 aliphatic rings. The lowest BCUT2D eigenvalue weighted by Gasteiger charge is -2.38. The normalized spacial score (nSPS) is 25.2. The third kappa shape index (κ3) is 3.14. The molecule has 0 spiro atoms. The van der Waals surface area contributed by atoms with Crippen LogP contribution in [-0.2, 0) is 14.4 Å². The van der Waals surface area contributed by atoms with Crippen LogP contribution in [0.5, 0.6) is 11.5 Å². The summed E-state index contributed by atoms with van der Waals surface area (Å²) < 4.78 is 10.6. The number of fused-ring (bicyclic) bond motifs is 5. The van der Waals surface area contributed by atoms with Crippen LogP contribution >= 0.6 is 0 Å². The first-order chi connectivity index (χ1) is 16.2. The summed E-state index contributed by atoms with van der Waals surface area (Å²) in [5.41, 5.74) is 1.54. The summed E-state index contributed by atoms with van der Waals surface area (Å²) in [6, 6.07) is 11.4. The molecule has 4 unspecified atom stereocenters. The van der Waals surface area contributed by atoms with Crippen LogP contribution in [0, 0.1) is 17.3 Å². The first kappa shape index (κ1) is 22.2. The Balaban J connectivity index is 1.62. The van der Waals surface area contributed by atoms with Gasteiger partial charge in [0.05, 0.1) is 37.8 Å². The van der Waals surface area contributed by atoms with Gasteiger partial charge >= 0.3 is 0 Å². The molecule has 2 aromatic carbocycles. The van der Waals surface area contributed by atoms with Crippen LogP contribution in [0.3, 0.4) is 0 Å². The molecule has 0 bridgehead atoms. The summed E-state index contributed by atoms with van der Waals surface area (Å²) in [4.78, 5) is 44.5. The molecule has 3 aliphatic heterocycles. The van der Waals surface area contributed by atoms with E-state index in [0.29, 0.717) is 17.2 Å². The topological polar surface area (TPSA) is 76.2 Å². The van der Waals surface area contributed by atoms with Gasteiger partial charge in [0.2, 0.25) is 11.8 Å². The van der Waals surface area contributed by atoms with E-state index < -0.39 is 23.3 Å². The number of nitrogens with zero attached hydrogens (tertiary/aromatic N) is 2. The predicted molar refractivity (Wildman–Crippen MR) is 129 cm³/mol. The first-order valence-corrected chi connectivity index (χ1v) is 11.4. The van der Waals surface area contributed by atoms with E-state index in [0.717, 1.165) is 11.3 Å².